The van der Waals surface area contributed by atoms with Gasteiger partial charge in [-0.25, -0.2) is 0 Å². The number of nitrogens with zero attached hydrogens (tertiary/aromatic N) is 1. The first-order valence-corrected chi connectivity index (χ1v) is 5.90. The highest BCUT2D eigenvalue weighted by atomic mass is 35.5. The second-order valence-corrected chi connectivity index (χ2v) is 4.60. The van der Waals surface area contributed by atoms with Gasteiger partial charge < -0.3 is 5.73 Å². The summed E-state index contributed by atoms with van der Waals surface area (Å²) in [5.74, 6) is 0. The van der Waals surface area contributed by atoms with Crippen molar-refractivity contribution in [1.29, 1.82) is 0 Å². The van der Waals surface area contributed by atoms with Crippen LogP contribution in [0, 0.1) is 0 Å². The van der Waals surface area contributed by atoms with Crippen LogP contribution < -0.4 is 5.73 Å². The van der Waals surface area contributed by atoms with E-state index in [0.717, 1.165) is 6.54 Å². The molecule has 1 saturated heterocycles. The maximum atomic E-state index is 5.88. The van der Waals surface area contributed by atoms with Crippen LogP contribution in [0.5, 0.6) is 0 Å². The fourth-order valence-corrected chi connectivity index (χ4v) is 2.18. The van der Waals surface area contributed by atoms with Crippen LogP contribution in [0.1, 0.15) is 24.8 Å². The molecule has 2 nitrogen and oxygen atoms in total. The molecule has 3 heteroatoms. The molecule has 82 valence electrons. The minimum atomic E-state index is 0.650. The number of halogens is 1. The molecule has 1 aliphatic rings. The van der Waals surface area contributed by atoms with Crippen molar-refractivity contribution in [3.8, 4) is 0 Å². The molecule has 1 aliphatic heterocycles. The lowest BCUT2D eigenvalue weighted by molar-refractivity contribution is 0.221. The standard InChI is InChI=1S/C12H17ClN2/c13-11-5-4-10(8-12(11)14)9-15-6-2-1-3-7-15/h4-5,8H,1-3,6-7,9,14H2. The van der Waals surface area contributed by atoms with Crippen LogP contribution >= 0.6 is 11.6 Å². The lowest BCUT2D eigenvalue weighted by atomic mass is 10.1. The lowest BCUT2D eigenvalue weighted by Crippen LogP contribution is -2.29. The number of piperidine rings is 1. The molecule has 1 aromatic carbocycles. The zero-order valence-electron chi connectivity index (χ0n) is 8.88. The van der Waals surface area contributed by atoms with Gasteiger partial charge in [0.1, 0.15) is 0 Å². The van der Waals surface area contributed by atoms with Gasteiger partial charge in [-0.15, -0.1) is 0 Å². The van der Waals surface area contributed by atoms with Gasteiger partial charge in [-0.2, -0.15) is 0 Å². The summed E-state index contributed by atoms with van der Waals surface area (Å²) in [6.07, 6.45) is 4.02. The molecular weight excluding hydrogens is 208 g/mol. The van der Waals surface area contributed by atoms with Crippen LogP contribution in [0.15, 0.2) is 18.2 Å². The number of hydrogen-bond donors (Lipinski definition) is 1. The van der Waals surface area contributed by atoms with Gasteiger partial charge in [-0.05, 0) is 43.6 Å². The van der Waals surface area contributed by atoms with Crippen LogP contribution in [0.25, 0.3) is 0 Å². The molecule has 1 aromatic rings. The van der Waals surface area contributed by atoms with Crippen molar-refractivity contribution < 1.29 is 0 Å². The summed E-state index contributed by atoms with van der Waals surface area (Å²) in [5.41, 5.74) is 7.72. The van der Waals surface area contributed by atoms with Crippen LogP contribution in [0.4, 0.5) is 5.69 Å². The molecular formula is C12H17ClN2. The highest BCUT2D eigenvalue weighted by Crippen LogP contribution is 2.21. The molecule has 0 spiro atoms. The maximum absolute atomic E-state index is 5.88. The van der Waals surface area contributed by atoms with E-state index < -0.39 is 0 Å². The van der Waals surface area contributed by atoms with Crippen LogP contribution in [0.2, 0.25) is 5.02 Å². The average Bonchev–Trinajstić information content (AvgIpc) is 2.25. The summed E-state index contributed by atoms with van der Waals surface area (Å²) < 4.78 is 0. The molecule has 0 unspecified atom stereocenters. The number of likely N-dealkylation sites (tertiary alicyclic amines) is 1. The van der Waals surface area contributed by atoms with Crippen molar-refractivity contribution >= 4 is 17.3 Å². The minimum absolute atomic E-state index is 0.650. The van der Waals surface area contributed by atoms with E-state index in [0.29, 0.717) is 10.7 Å². The van der Waals surface area contributed by atoms with Gasteiger partial charge in [-0.3, -0.25) is 4.90 Å². The van der Waals surface area contributed by atoms with Crippen molar-refractivity contribution in [2.75, 3.05) is 18.8 Å². The largest absolute Gasteiger partial charge is 0.398 e. The van der Waals surface area contributed by atoms with E-state index in [1.54, 1.807) is 0 Å². The van der Waals surface area contributed by atoms with Gasteiger partial charge in [0.05, 0.1) is 10.7 Å². The van der Waals surface area contributed by atoms with E-state index in [-0.39, 0.29) is 0 Å². The fourth-order valence-electron chi connectivity index (χ4n) is 2.07. The Hall–Kier alpha value is -0.730. The first-order chi connectivity index (χ1) is 7.25. The molecule has 15 heavy (non-hydrogen) atoms. The number of nitrogens with two attached hydrogens (primary N) is 1. The molecule has 0 aromatic heterocycles. The van der Waals surface area contributed by atoms with Crippen molar-refractivity contribution in [1.82, 2.24) is 4.90 Å². The predicted molar refractivity (Wildman–Crippen MR) is 65.0 cm³/mol. The Balaban J connectivity index is 2.00. The second-order valence-electron chi connectivity index (χ2n) is 4.19. The number of anilines is 1. The molecule has 0 bridgehead atoms. The molecule has 0 radical (unpaired) electrons. The van der Waals surface area contributed by atoms with Crippen molar-refractivity contribution in [3.63, 3.8) is 0 Å². The third kappa shape index (κ3) is 2.86. The van der Waals surface area contributed by atoms with Crippen molar-refractivity contribution in [2.45, 2.75) is 25.8 Å². The zero-order valence-corrected chi connectivity index (χ0v) is 9.63. The summed E-state index contributed by atoms with van der Waals surface area (Å²) >= 11 is 5.88. The topological polar surface area (TPSA) is 29.3 Å². The van der Waals surface area contributed by atoms with Gasteiger partial charge in [0.2, 0.25) is 0 Å². The molecule has 0 atom stereocenters. The summed E-state index contributed by atoms with van der Waals surface area (Å²) in [6.45, 7) is 3.42. The van der Waals surface area contributed by atoms with Gasteiger partial charge >= 0.3 is 0 Å². The Morgan fingerprint density at radius 3 is 2.60 bits per heavy atom. The first kappa shape index (κ1) is 10.8. The van der Waals surface area contributed by atoms with Crippen molar-refractivity contribution in [2.24, 2.45) is 0 Å². The molecule has 1 heterocycles. The van der Waals surface area contributed by atoms with Crippen LogP contribution in [-0.4, -0.2) is 18.0 Å². The smallest absolute Gasteiger partial charge is 0.0635 e. The summed E-state index contributed by atoms with van der Waals surface area (Å²) in [7, 11) is 0. The second kappa shape index (κ2) is 4.86. The molecule has 2 rings (SSSR count). The SMILES string of the molecule is Nc1cc(CN2CCCCC2)ccc1Cl. The summed E-state index contributed by atoms with van der Waals surface area (Å²) in [6, 6.07) is 5.93. The highest BCUT2D eigenvalue weighted by molar-refractivity contribution is 6.33. The van der Waals surface area contributed by atoms with E-state index in [4.69, 9.17) is 17.3 Å². The van der Waals surface area contributed by atoms with E-state index in [9.17, 15) is 0 Å². The summed E-state index contributed by atoms with van der Waals surface area (Å²) in [5, 5.41) is 0.650. The third-order valence-electron chi connectivity index (χ3n) is 2.92. The number of nitrogen functional groups attached to an aromatic ring is 1. The Labute approximate surface area is 96.0 Å². The Morgan fingerprint density at radius 2 is 1.93 bits per heavy atom. The number of benzene rings is 1. The lowest BCUT2D eigenvalue weighted by Gasteiger charge is -2.26. The minimum Gasteiger partial charge on any atom is -0.398 e. The maximum Gasteiger partial charge on any atom is 0.0635 e. The van der Waals surface area contributed by atoms with E-state index in [1.807, 2.05) is 12.1 Å². The quantitative estimate of drug-likeness (QED) is 0.783. The van der Waals surface area contributed by atoms with Crippen LogP contribution in [0.3, 0.4) is 0 Å². The third-order valence-corrected chi connectivity index (χ3v) is 3.26. The van der Waals surface area contributed by atoms with Gasteiger partial charge in [0.15, 0.2) is 0 Å². The van der Waals surface area contributed by atoms with E-state index >= 15 is 0 Å². The molecule has 0 saturated carbocycles. The first-order valence-electron chi connectivity index (χ1n) is 5.52. The Bertz CT molecular complexity index is 332. The van der Waals surface area contributed by atoms with Crippen molar-refractivity contribution in [3.05, 3.63) is 28.8 Å². The Morgan fingerprint density at radius 1 is 1.20 bits per heavy atom. The van der Waals surface area contributed by atoms with Gasteiger partial charge in [0, 0.05) is 6.54 Å². The highest BCUT2D eigenvalue weighted by Gasteiger charge is 2.10. The van der Waals surface area contributed by atoms with E-state index in [1.165, 1.54) is 37.9 Å². The predicted octanol–water partition coefficient (Wildman–Crippen LogP) is 2.91. The van der Waals surface area contributed by atoms with Gasteiger partial charge in [0.25, 0.3) is 0 Å². The number of rotatable bonds is 2. The average molecular weight is 225 g/mol. The zero-order chi connectivity index (χ0) is 10.7. The van der Waals surface area contributed by atoms with Crippen LogP contribution in [-0.2, 0) is 6.54 Å². The van der Waals surface area contributed by atoms with Gasteiger partial charge in [-0.1, -0.05) is 24.1 Å². The molecule has 1 fully saturated rings. The molecule has 0 amide bonds. The van der Waals surface area contributed by atoms with E-state index in [2.05, 4.69) is 11.0 Å². The fraction of sp³-hybridized carbons (Fsp3) is 0.500. The monoisotopic (exact) mass is 224 g/mol. The normalized spacial score (nSPS) is 17.9. The summed E-state index contributed by atoms with van der Waals surface area (Å²) in [4.78, 5) is 2.48. The number of hydrogen-bond acceptors (Lipinski definition) is 2. The molecule has 0 aliphatic carbocycles. The molecule has 2 N–H and O–H groups in total. The Kier molecular flexibility index (Phi) is 3.49.